The Morgan fingerprint density at radius 3 is 2.32 bits per heavy atom. The molecule has 1 fully saturated rings. The first-order valence-electron chi connectivity index (χ1n) is 11.7. The molecule has 0 unspecified atom stereocenters. The van der Waals surface area contributed by atoms with Crippen molar-refractivity contribution in [2.24, 2.45) is 11.3 Å². The molecule has 2 aromatic rings. The predicted molar refractivity (Wildman–Crippen MR) is 136 cm³/mol. The minimum absolute atomic E-state index is 0. The Kier molecular flexibility index (Phi) is 10.4. The van der Waals surface area contributed by atoms with Gasteiger partial charge in [0.2, 0.25) is 5.91 Å². The maximum absolute atomic E-state index is 13.5. The molecule has 2 N–H and O–H groups in total. The van der Waals surface area contributed by atoms with Crippen LogP contribution in [0.5, 0.6) is 0 Å². The SMILES string of the molecule is CC(C)[C@@H](NC(=O)c1cccc(CS(=O)(=O)[O-])c1)C(=O)N1CC[C@](O)(c2ccc(Cl)cc2)C(C)(C)C1.[Na+]. The number of piperidine rings is 1. The van der Waals surface area contributed by atoms with Crippen LogP contribution < -0.4 is 34.9 Å². The normalized spacial score (nSPS) is 20.2. The first-order chi connectivity index (χ1) is 16.6. The van der Waals surface area contributed by atoms with E-state index in [1.807, 2.05) is 27.7 Å². The Labute approximate surface area is 245 Å². The molecule has 0 spiro atoms. The molecule has 196 valence electrons. The van der Waals surface area contributed by atoms with Crippen molar-refractivity contribution >= 4 is 33.5 Å². The quantitative estimate of drug-likeness (QED) is 0.371. The fourth-order valence-corrected chi connectivity index (χ4v) is 5.43. The van der Waals surface area contributed by atoms with Crippen LogP contribution in [0.4, 0.5) is 0 Å². The summed E-state index contributed by atoms with van der Waals surface area (Å²) < 4.78 is 33.3. The van der Waals surface area contributed by atoms with Gasteiger partial charge in [-0.05, 0) is 47.7 Å². The van der Waals surface area contributed by atoms with E-state index in [0.29, 0.717) is 18.0 Å². The zero-order valence-corrected chi connectivity index (χ0v) is 25.4. The zero-order chi connectivity index (χ0) is 26.9. The molecule has 2 aromatic carbocycles. The number of carbonyl (C=O) groups excluding carboxylic acids is 2. The van der Waals surface area contributed by atoms with Gasteiger partial charge in [-0.25, -0.2) is 8.42 Å². The molecule has 0 bridgehead atoms. The summed E-state index contributed by atoms with van der Waals surface area (Å²) in [5.41, 5.74) is -0.751. The van der Waals surface area contributed by atoms with Gasteiger partial charge in [0.25, 0.3) is 5.91 Å². The Hall–Kier alpha value is -1.46. The van der Waals surface area contributed by atoms with Gasteiger partial charge in [-0.1, -0.05) is 63.6 Å². The van der Waals surface area contributed by atoms with E-state index >= 15 is 0 Å². The van der Waals surface area contributed by atoms with Crippen molar-refractivity contribution in [3.63, 3.8) is 0 Å². The molecule has 8 nitrogen and oxygen atoms in total. The Bertz CT molecular complexity index is 1240. The van der Waals surface area contributed by atoms with E-state index in [1.54, 1.807) is 29.2 Å². The average Bonchev–Trinajstić information content (AvgIpc) is 2.78. The number of amides is 2. The van der Waals surface area contributed by atoms with Gasteiger partial charge in [0.05, 0.1) is 21.5 Å². The maximum Gasteiger partial charge on any atom is 1.00 e. The van der Waals surface area contributed by atoms with Crippen molar-refractivity contribution in [1.29, 1.82) is 0 Å². The third kappa shape index (κ3) is 7.56. The maximum atomic E-state index is 13.5. The number of rotatable bonds is 7. The van der Waals surface area contributed by atoms with Gasteiger partial charge >= 0.3 is 29.6 Å². The van der Waals surface area contributed by atoms with Crippen LogP contribution >= 0.6 is 11.6 Å². The molecule has 1 aliphatic rings. The molecule has 2 amide bonds. The first kappa shape index (κ1) is 31.8. The van der Waals surface area contributed by atoms with E-state index < -0.39 is 38.8 Å². The van der Waals surface area contributed by atoms with E-state index in [9.17, 15) is 27.7 Å². The molecular formula is C26H32ClN2NaO6S. The molecule has 1 saturated heterocycles. The molecule has 37 heavy (non-hydrogen) atoms. The van der Waals surface area contributed by atoms with Crippen LogP contribution in [0.3, 0.4) is 0 Å². The van der Waals surface area contributed by atoms with Crippen molar-refractivity contribution in [3.05, 3.63) is 70.2 Å². The van der Waals surface area contributed by atoms with E-state index in [0.717, 1.165) is 5.56 Å². The second kappa shape index (κ2) is 12.2. The fraction of sp³-hybridized carbons (Fsp3) is 0.462. The minimum atomic E-state index is -4.50. The number of nitrogens with one attached hydrogen (secondary N) is 1. The van der Waals surface area contributed by atoms with Gasteiger partial charge in [0.15, 0.2) is 0 Å². The summed E-state index contributed by atoms with van der Waals surface area (Å²) in [5.74, 6) is -1.75. The van der Waals surface area contributed by atoms with Gasteiger partial charge in [0.1, 0.15) is 6.04 Å². The van der Waals surface area contributed by atoms with Crippen LogP contribution in [-0.4, -0.2) is 53.9 Å². The third-order valence-corrected chi connectivity index (χ3v) is 7.77. The van der Waals surface area contributed by atoms with Crippen molar-refractivity contribution in [1.82, 2.24) is 10.2 Å². The van der Waals surface area contributed by atoms with Crippen LogP contribution in [-0.2, 0) is 26.3 Å². The number of carbonyl (C=O) groups is 2. The number of likely N-dealkylation sites (tertiary alicyclic amines) is 1. The summed E-state index contributed by atoms with van der Waals surface area (Å²) in [6, 6.07) is 12.0. The first-order valence-corrected chi connectivity index (χ1v) is 13.7. The summed E-state index contributed by atoms with van der Waals surface area (Å²) in [4.78, 5) is 28.1. The van der Waals surface area contributed by atoms with Gasteiger partial charge < -0.3 is 19.9 Å². The van der Waals surface area contributed by atoms with E-state index in [4.69, 9.17) is 11.6 Å². The molecule has 0 aliphatic carbocycles. The number of hydrogen-bond donors (Lipinski definition) is 2. The molecule has 2 atom stereocenters. The molecule has 3 rings (SSSR count). The molecule has 1 heterocycles. The average molecular weight is 559 g/mol. The van der Waals surface area contributed by atoms with Crippen LogP contribution in [0.15, 0.2) is 48.5 Å². The second-order valence-corrected chi connectivity index (χ2v) is 12.2. The van der Waals surface area contributed by atoms with Gasteiger partial charge in [0, 0.05) is 29.1 Å². The summed E-state index contributed by atoms with van der Waals surface area (Å²) in [7, 11) is -4.50. The summed E-state index contributed by atoms with van der Waals surface area (Å²) >= 11 is 6.01. The summed E-state index contributed by atoms with van der Waals surface area (Å²) in [6.07, 6.45) is 0.317. The zero-order valence-electron chi connectivity index (χ0n) is 21.8. The topological polar surface area (TPSA) is 127 Å². The van der Waals surface area contributed by atoms with Crippen molar-refractivity contribution in [2.45, 2.75) is 51.5 Å². The minimum Gasteiger partial charge on any atom is -0.748 e. The Morgan fingerprint density at radius 2 is 1.78 bits per heavy atom. The molecule has 0 aromatic heterocycles. The Balaban J connectivity index is 0.00000481. The molecular weight excluding hydrogens is 527 g/mol. The standard InChI is InChI=1S/C26H33ClN2O6S.Na/c1-17(2)22(28-23(30)19-7-5-6-18(14-19)15-36(33,34)35)24(31)29-13-12-26(32,25(3,4)16-29)20-8-10-21(27)11-9-20;/h5-11,14,17,22,32H,12-13,15-16H2,1-4H3,(H,28,30)(H,33,34,35);/q;+1/p-1/t22-,26+;/m1./s1. The number of aliphatic hydroxyl groups is 1. The number of benzene rings is 2. The number of halogens is 1. The van der Waals surface area contributed by atoms with Gasteiger partial charge in [-0.3, -0.25) is 9.59 Å². The molecule has 0 radical (unpaired) electrons. The van der Waals surface area contributed by atoms with Crippen molar-refractivity contribution < 1.29 is 57.2 Å². The third-order valence-electron chi connectivity index (χ3n) is 6.83. The fourth-order valence-electron chi connectivity index (χ4n) is 4.71. The Morgan fingerprint density at radius 1 is 1.16 bits per heavy atom. The van der Waals surface area contributed by atoms with Crippen LogP contribution in [0, 0.1) is 11.3 Å². The largest absolute Gasteiger partial charge is 1.00 e. The van der Waals surface area contributed by atoms with Crippen LogP contribution in [0.1, 0.15) is 55.6 Å². The molecule has 0 saturated carbocycles. The number of nitrogens with zero attached hydrogens (tertiary/aromatic N) is 1. The predicted octanol–water partition coefficient (Wildman–Crippen LogP) is 0.290. The van der Waals surface area contributed by atoms with Gasteiger partial charge in [-0.15, -0.1) is 0 Å². The summed E-state index contributed by atoms with van der Waals surface area (Å²) in [6.45, 7) is 8.03. The van der Waals surface area contributed by atoms with E-state index in [-0.39, 0.29) is 59.1 Å². The van der Waals surface area contributed by atoms with Crippen molar-refractivity contribution in [2.75, 3.05) is 13.1 Å². The summed E-state index contributed by atoms with van der Waals surface area (Å²) in [5, 5.41) is 14.9. The monoisotopic (exact) mass is 558 g/mol. The van der Waals surface area contributed by atoms with Gasteiger partial charge in [-0.2, -0.15) is 0 Å². The molecule has 1 aliphatic heterocycles. The van der Waals surface area contributed by atoms with Crippen LogP contribution in [0.25, 0.3) is 0 Å². The number of hydrogen-bond acceptors (Lipinski definition) is 6. The van der Waals surface area contributed by atoms with E-state index in [1.165, 1.54) is 24.3 Å². The van der Waals surface area contributed by atoms with Crippen LogP contribution in [0.2, 0.25) is 5.02 Å². The van der Waals surface area contributed by atoms with E-state index in [2.05, 4.69) is 5.32 Å². The molecule has 11 heteroatoms. The smallest absolute Gasteiger partial charge is 0.748 e. The van der Waals surface area contributed by atoms with Crippen molar-refractivity contribution in [3.8, 4) is 0 Å². The second-order valence-electron chi connectivity index (χ2n) is 10.4.